The number of benzene rings is 1. The van der Waals surface area contributed by atoms with Gasteiger partial charge in [-0.25, -0.2) is 0 Å². The lowest BCUT2D eigenvalue weighted by atomic mass is 9.87. The van der Waals surface area contributed by atoms with Crippen molar-refractivity contribution in [3.8, 4) is 0 Å². The Morgan fingerprint density at radius 2 is 2.05 bits per heavy atom. The average molecular weight is 275 g/mol. The van der Waals surface area contributed by atoms with Crippen molar-refractivity contribution < 1.29 is 5.21 Å². The Kier molecular flexibility index (Phi) is 5.01. The molecule has 0 bridgehead atoms. The smallest absolute Gasteiger partial charge is 0.170 e. The molecule has 0 unspecified atom stereocenters. The van der Waals surface area contributed by atoms with E-state index >= 15 is 0 Å². The Bertz CT molecular complexity index is 477. The summed E-state index contributed by atoms with van der Waals surface area (Å²) < 4.78 is 0. The zero-order chi connectivity index (χ0) is 14.5. The van der Waals surface area contributed by atoms with Crippen LogP contribution in [0.3, 0.4) is 0 Å². The second kappa shape index (κ2) is 6.75. The quantitative estimate of drug-likeness (QED) is 0.342. The topological polar surface area (TPSA) is 70.6 Å². The summed E-state index contributed by atoms with van der Waals surface area (Å²) in [7, 11) is 0. The molecule has 0 aromatic heterocycles. The molecule has 0 aliphatic heterocycles. The van der Waals surface area contributed by atoms with E-state index in [2.05, 4.69) is 30.4 Å². The second-order valence-corrected chi connectivity index (χ2v) is 5.96. The molecule has 0 atom stereocenters. The number of hydrogen-bond donors (Lipinski definition) is 3. The van der Waals surface area contributed by atoms with Crippen LogP contribution in [0.4, 0.5) is 0 Å². The van der Waals surface area contributed by atoms with E-state index in [9.17, 15) is 0 Å². The van der Waals surface area contributed by atoms with E-state index in [4.69, 9.17) is 10.9 Å². The van der Waals surface area contributed by atoms with Crippen molar-refractivity contribution in [1.82, 2.24) is 5.32 Å². The van der Waals surface area contributed by atoms with Crippen LogP contribution in [-0.4, -0.2) is 17.1 Å². The van der Waals surface area contributed by atoms with Gasteiger partial charge < -0.3 is 16.3 Å². The van der Waals surface area contributed by atoms with Crippen molar-refractivity contribution in [1.29, 1.82) is 0 Å². The number of aryl methyl sites for hydroxylation is 1. The van der Waals surface area contributed by atoms with Gasteiger partial charge in [0.15, 0.2) is 5.84 Å². The van der Waals surface area contributed by atoms with E-state index in [0.29, 0.717) is 6.04 Å². The first-order chi connectivity index (χ1) is 9.60. The van der Waals surface area contributed by atoms with E-state index in [1.165, 1.54) is 36.8 Å². The molecule has 0 saturated heterocycles. The third kappa shape index (κ3) is 3.73. The van der Waals surface area contributed by atoms with Crippen molar-refractivity contribution >= 4 is 5.84 Å². The lowest BCUT2D eigenvalue weighted by Crippen LogP contribution is -2.32. The third-order valence-electron chi connectivity index (χ3n) is 4.34. The van der Waals surface area contributed by atoms with Crippen LogP contribution < -0.4 is 11.1 Å². The number of nitrogens with two attached hydrogens (primary N) is 1. The van der Waals surface area contributed by atoms with Crippen molar-refractivity contribution in [3.63, 3.8) is 0 Å². The molecular formula is C16H25N3O. The summed E-state index contributed by atoms with van der Waals surface area (Å²) in [6.07, 6.45) is 5.23. The van der Waals surface area contributed by atoms with Gasteiger partial charge in [0.2, 0.25) is 0 Å². The molecule has 0 spiro atoms. The summed E-state index contributed by atoms with van der Waals surface area (Å²) in [6, 6.07) is 6.58. The van der Waals surface area contributed by atoms with Gasteiger partial charge in [0.1, 0.15) is 0 Å². The van der Waals surface area contributed by atoms with E-state index in [1.54, 1.807) is 0 Å². The molecule has 1 aliphatic rings. The number of amidine groups is 1. The minimum atomic E-state index is 0.161. The number of nitrogens with one attached hydrogen (secondary N) is 1. The standard InChI is InChI=1S/C16H25N3O/c1-11-3-7-15(8-4-11)18-10-14-6-5-13(9-12(14)2)16(17)19-20/h5-6,9,11,15,18,20H,3-4,7-8,10H2,1-2H3,(H2,17,19). The van der Waals surface area contributed by atoms with E-state index in [0.717, 1.165) is 18.0 Å². The highest BCUT2D eigenvalue weighted by Crippen LogP contribution is 2.23. The molecule has 1 aliphatic carbocycles. The molecule has 110 valence electrons. The molecule has 4 heteroatoms. The summed E-state index contributed by atoms with van der Waals surface area (Å²) in [5.74, 6) is 1.05. The lowest BCUT2D eigenvalue weighted by Gasteiger charge is -2.27. The SMILES string of the molecule is Cc1cc(/C(N)=N/O)ccc1CNC1CCC(C)CC1. The number of hydrogen-bond acceptors (Lipinski definition) is 3. The average Bonchev–Trinajstić information content (AvgIpc) is 2.46. The minimum absolute atomic E-state index is 0.161. The van der Waals surface area contributed by atoms with Gasteiger partial charge in [-0.3, -0.25) is 0 Å². The second-order valence-electron chi connectivity index (χ2n) is 5.96. The molecule has 20 heavy (non-hydrogen) atoms. The molecular weight excluding hydrogens is 250 g/mol. The molecule has 0 amide bonds. The summed E-state index contributed by atoms with van der Waals surface area (Å²) in [5, 5.41) is 15.4. The van der Waals surface area contributed by atoms with Gasteiger partial charge in [0.25, 0.3) is 0 Å². The van der Waals surface area contributed by atoms with Gasteiger partial charge in [-0.15, -0.1) is 0 Å². The van der Waals surface area contributed by atoms with E-state index in [1.807, 2.05) is 12.1 Å². The van der Waals surface area contributed by atoms with Crippen LogP contribution in [0, 0.1) is 12.8 Å². The first kappa shape index (κ1) is 14.9. The fraction of sp³-hybridized carbons (Fsp3) is 0.562. The van der Waals surface area contributed by atoms with E-state index in [-0.39, 0.29) is 5.84 Å². The van der Waals surface area contributed by atoms with Crippen molar-refractivity contribution in [2.24, 2.45) is 16.8 Å². The fourth-order valence-corrected chi connectivity index (χ4v) is 2.83. The summed E-state index contributed by atoms with van der Waals surface area (Å²) in [6.45, 7) is 5.29. The Hall–Kier alpha value is -1.55. The number of oxime groups is 1. The predicted molar refractivity (Wildman–Crippen MR) is 81.9 cm³/mol. The molecule has 0 radical (unpaired) electrons. The van der Waals surface area contributed by atoms with Crippen LogP contribution in [0.1, 0.15) is 49.3 Å². The molecule has 1 aromatic carbocycles. The number of nitrogens with zero attached hydrogens (tertiary/aromatic N) is 1. The zero-order valence-corrected chi connectivity index (χ0v) is 12.4. The van der Waals surface area contributed by atoms with Gasteiger partial charge >= 0.3 is 0 Å². The fourth-order valence-electron chi connectivity index (χ4n) is 2.83. The maximum atomic E-state index is 8.69. The van der Waals surface area contributed by atoms with E-state index < -0.39 is 0 Å². The van der Waals surface area contributed by atoms with Crippen LogP contribution in [0.2, 0.25) is 0 Å². The molecule has 1 aromatic rings. The van der Waals surface area contributed by atoms with Gasteiger partial charge in [0.05, 0.1) is 0 Å². The molecule has 1 saturated carbocycles. The lowest BCUT2D eigenvalue weighted by molar-refractivity contribution is 0.306. The highest BCUT2D eigenvalue weighted by Gasteiger charge is 2.17. The van der Waals surface area contributed by atoms with Crippen molar-refractivity contribution in [2.75, 3.05) is 0 Å². The van der Waals surface area contributed by atoms with Crippen LogP contribution in [0.25, 0.3) is 0 Å². The Morgan fingerprint density at radius 1 is 1.35 bits per heavy atom. The highest BCUT2D eigenvalue weighted by atomic mass is 16.4. The normalized spacial score (nSPS) is 23.8. The Labute approximate surface area is 121 Å². The van der Waals surface area contributed by atoms with Crippen LogP contribution in [0.5, 0.6) is 0 Å². The summed E-state index contributed by atoms with van der Waals surface area (Å²) >= 11 is 0. The highest BCUT2D eigenvalue weighted by molar-refractivity contribution is 5.97. The summed E-state index contributed by atoms with van der Waals surface area (Å²) in [4.78, 5) is 0. The Balaban J connectivity index is 1.93. The Morgan fingerprint density at radius 3 is 2.65 bits per heavy atom. The maximum Gasteiger partial charge on any atom is 0.170 e. The molecule has 4 nitrogen and oxygen atoms in total. The van der Waals surface area contributed by atoms with Crippen molar-refractivity contribution in [2.45, 2.75) is 52.1 Å². The van der Waals surface area contributed by atoms with Gasteiger partial charge in [-0.2, -0.15) is 0 Å². The van der Waals surface area contributed by atoms with Crippen LogP contribution in [0.15, 0.2) is 23.4 Å². The van der Waals surface area contributed by atoms with Gasteiger partial charge in [-0.1, -0.05) is 24.2 Å². The first-order valence-electron chi connectivity index (χ1n) is 7.41. The van der Waals surface area contributed by atoms with Crippen LogP contribution in [-0.2, 0) is 6.54 Å². The minimum Gasteiger partial charge on any atom is -0.409 e. The first-order valence-corrected chi connectivity index (χ1v) is 7.41. The van der Waals surface area contributed by atoms with Crippen molar-refractivity contribution in [3.05, 3.63) is 34.9 Å². The maximum absolute atomic E-state index is 8.69. The number of rotatable bonds is 4. The third-order valence-corrected chi connectivity index (χ3v) is 4.34. The van der Waals surface area contributed by atoms with Gasteiger partial charge in [0, 0.05) is 18.2 Å². The molecule has 0 heterocycles. The predicted octanol–water partition coefficient (Wildman–Crippen LogP) is 2.76. The largest absolute Gasteiger partial charge is 0.409 e. The van der Waals surface area contributed by atoms with Gasteiger partial charge in [-0.05, 0) is 55.7 Å². The summed E-state index contributed by atoms with van der Waals surface area (Å²) in [5.41, 5.74) is 8.81. The zero-order valence-electron chi connectivity index (χ0n) is 12.4. The molecule has 2 rings (SSSR count). The molecule has 1 fully saturated rings. The molecule has 4 N–H and O–H groups in total. The van der Waals surface area contributed by atoms with Crippen LogP contribution >= 0.6 is 0 Å². The monoisotopic (exact) mass is 275 g/mol.